The maximum Gasteiger partial charge on any atom is 0.239 e. The van der Waals surface area contributed by atoms with E-state index in [4.69, 9.17) is 22.2 Å². The van der Waals surface area contributed by atoms with Crippen molar-refractivity contribution in [1.29, 1.82) is 0 Å². The number of carbonyl (C=O) groups excluding carboxylic acids is 1. The SMILES string of the molecule is Cc1cc(OCCC(=O)N(C)N)ccc1Cl. The first kappa shape index (κ1) is 12.8. The lowest BCUT2D eigenvalue weighted by molar-refractivity contribution is -0.130. The Morgan fingerprint density at radius 1 is 1.56 bits per heavy atom. The fourth-order valence-electron chi connectivity index (χ4n) is 1.14. The second-order valence-electron chi connectivity index (χ2n) is 3.51. The third kappa shape index (κ3) is 3.72. The van der Waals surface area contributed by atoms with E-state index in [0.717, 1.165) is 10.6 Å². The highest BCUT2D eigenvalue weighted by Gasteiger charge is 2.05. The molecule has 0 fully saturated rings. The summed E-state index contributed by atoms with van der Waals surface area (Å²) in [6.45, 7) is 2.20. The Labute approximate surface area is 99.9 Å². The molecule has 0 spiro atoms. The van der Waals surface area contributed by atoms with E-state index in [9.17, 15) is 4.79 Å². The number of hydrogen-bond donors (Lipinski definition) is 1. The Balaban J connectivity index is 2.43. The van der Waals surface area contributed by atoms with Crippen LogP contribution in [0.25, 0.3) is 0 Å². The van der Waals surface area contributed by atoms with Crippen LogP contribution in [0.5, 0.6) is 5.75 Å². The van der Waals surface area contributed by atoms with Gasteiger partial charge in [0.05, 0.1) is 13.0 Å². The van der Waals surface area contributed by atoms with Gasteiger partial charge in [0.2, 0.25) is 5.91 Å². The number of nitrogens with zero attached hydrogens (tertiary/aromatic N) is 1. The van der Waals surface area contributed by atoms with Crippen LogP contribution in [0.2, 0.25) is 5.02 Å². The molecular weight excluding hydrogens is 228 g/mol. The van der Waals surface area contributed by atoms with Crippen molar-refractivity contribution in [1.82, 2.24) is 5.01 Å². The summed E-state index contributed by atoms with van der Waals surface area (Å²) in [4.78, 5) is 11.2. The van der Waals surface area contributed by atoms with Gasteiger partial charge < -0.3 is 4.74 Å². The lowest BCUT2D eigenvalue weighted by Gasteiger charge is -2.11. The summed E-state index contributed by atoms with van der Waals surface area (Å²) < 4.78 is 5.40. The summed E-state index contributed by atoms with van der Waals surface area (Å²) in [5, 5.41) is 1.75. The number of hydrazine groups is 1. The molecular formula is C11H15ClN2O2. The van der Waals surface area contributed by atoms with E-state index in [1.54, 1.807) is 12.1 Å². The molecule has 5 heteroatoms. The monoisotopic (exact) mass is 242 g/mol. The van der Waals surface area contributed by atoms with E-state index >= 15 is 0 Å². The Morgan fingerprint density at radius 3 is 2.81 bits per heavy atom. The lowest BCUT2D eigenvalue weighted by atomic mass is 10.2. The molecule has 0 unspecified atom stereocenters. The lowest BCUT2D eigenvalue weighted by Crippen LogP contribution is -2.33. The largest absolute Gasteiger partial charge is 0.493 e. The maximum absolute atomic E-state index is 11.2. The van der Waals surface area contributed by atoms with Gasteiger partial charge in [-0.1, -0.05) is 11.6 Å². The molecule has 1 aromatic carbocycles. The molecule has 88 valence electrons. The van der Waals surface area contributed by atoms with Crippen LogP contribution < -0.4 is 10.6 Å². The van der Waals surface area contributed by atoms with Gasteiger partial charge in [0.25, 0.3) is 0 Å². The highest BCUT2D eigenvalue weighted by molar-refractivity contribution is 6.31. The molecule has 0 aliphatic carbocycles. The molecule has 0 heterocycles. The van der Waals surface area contributed by atoms with Gasteiger partial charge in [-0.05, 0) is 30.7 Å². The Hall–Kier alpha value is -1.26. The van der Waals surface area contributed by atoms with Crippen molar-refractivity contribution in [3.8, 4) is 5.75 Å². The first-order valence-corrected chi connectivity index (χ1v) is 5.28. The molecule has 0 radical (unpaired) electrons. The van der Waals surface area contributed by atoms with Crippen molar-refractivity contribution in [2.24, 2.45) is 5.84 Å². The van der Waals surface area contributed by atoms with Crippen LogP contribution in [-0.4, -0.2) is 24.6 Å². The van der Waals surface area contributed by atoms with E-state index in [1.807, 2.05) is 13.0 Å². The minimum Gasteiger partial charge on any atom is -0.493 e. The quantitative estimate of drug-likeness (QED) is 0.497. The van der Waals surface area contributed by atoms with E-state index in [-0.39, 0.29) is 12.3 Å². The molecule has 4 nitrogen and oxygen atoms in total. The van der Waals surface area contributed by atoms with Gasteiger partial charge in [-0.2, -0.15) is 0 Å². The average molecular weight is 243 g/mol. The smallest absolute Gasteiger partial charge is 0.239 e. The first-order valence-electron chi connectivity index (χ1n) is 4.91. The third-order valence-electron chi connectivity index (χ3n) is 2.11. The predicted molar refractivity (Wildman–Crippen MR) is 63.3 cm³/mol. The number of aryl methyl sites for hydroxylation is 1. The predicted octanol–water partition coefficient (Wildman–Crippen LogP) is 1.75. The first-order chi connectivity index (χ1) is 7.50. The van der Waals surface area contributed by atoms with Crippen LogP contribution in [-0.2, 0) is 4.79 Å². The zero-order valence-electron chi connectivity index (χ0n) is 9.37. The zero-order chi connectivity index (χ0) is 12.1. The van der Waals surface area contributed by atoms with Crippen LogP contribution in [0.1, 0.15) is 12.0 Å². The second kappa shape index (κ2) is 5.72. The fraction of sp³-hybridized carbons (Fsp3) is 0.364. The standard InChI is InChI=1S/C11H15ClN2O2/c1-8-7-9(3-4-10(8)12)16-6-5-11(15)14(2)13/h3-4,7H,5-6,13H2,1-2H3. The summed E-state index contributed by atoms with van der Waals surface area (Å²) in [5.41, 5.74) is 0.946. The molecule has 1 aromatic rings. The van der Waals surface area contributed by atoms with Crippen molar-refractivity contribution in [3.05, 3.63) is 28.8 Å². The summed E-state index contributed by atoms with van der Waals surface area (Å²) in [7, 11) is 1.51. The second-order valence-corrected chi connectivity index (χ2v) is 3.92. The van der Waals surface area contributed by atoms with E-state index in [1.165, 1.54) is 7.05 Å². The molecule has 0 aromatic heterocycles. The van der Waals surface area contributed by atoms with Gasteiger partial charge >= 0.3 is 0 Å². The molecule has 1 amide bonds. The highest BCUT2D eigenvalue weighted by atomic mass is 35.5. The van der Waals surface area contributed by atoms with Gasteiger partial charge in [0, 0.05) is 12.1 Å². The van der Waals surface area contributed by atoms with Crippen LogP contribution in [0.15, 0.2) is 18.2 Å². The number of amides is 1. The number of ether oxygens (including phenoxy) is 1. The zero-order valence-corrected chi connectivity index (χ0v) is 10.1. The minimum absolute atomic E-state index is 0.161. The number of halogens is 1. The number of hydrogen-bond acceptors (Lipinski definition) is 3. The number of rotatable bonds is 4. The Kier molecular flexibility index (Phi) is 4.58. The molecule has 0 bridgehead atoms. The molecule has 0 aliphatic rings. The van der Waals surface area contributed by atoms with Crippen molar-refractivity contribution in [2.45, 2.75) is 13.3 Å². The van der Waals surface area contributed by atoms with E-state index in [0.29, 0.717) is 17.4 Å². The molecule has 0 saturated heterocycles. The molecule has 16 heavy (non-hydrogen) atoms. The normalized spacial score (nSPS) is 10.0. The molecule has 0 saturated carbocycles. The van der Waals surface area contributed by atoms with Crippen molar-refractivity contribution < 1.29 is 9.53 Å². The number of carbonyl (C=O) groups is 1. The summed E-state index contributed by atoms with van der Waals surface area (Å²) in [6.07, 6.45) is 0.259. The van der Waals surface area contributed by atoms with Gasteiger partial charge in [-0.3, -0.25) is 9.80 Å². The Morgan fingerprint density at radius 2 is 2.25 bits per heavy atom. The maximum atomic E-state index is 11.2. The molecule has 1 rings (SSSR count). The summed E-state index contributed by atoms with van der Waals surface area (Å²) in [5.74, 6) is 5.81. The van der Waals surface area contributed by atoms with Crippen LogP contribution in [0.3, 0.4) is 0 Å². The van der Waals surface area contributed by atoms with Crippen molar-refractivity contribution in [3.63, 3.8) is 0 Å². The molecule has 0 aliphatic heterocycles. The van der Waals surface area contributed by atoms with Crippen molar-refractivity contribution in [2.75, 3.05) is 13.7 Å². The Bertz CT molecular complexity index is 380. The van der Waals surface area contributed by atoms with E-state index < -0.39 is 0 Å². The van der Waals surface area contributed by atoms with Crippen LogP contribution >= 0.6 is 11.6 Å². The van der Waals surface area contributed by atoms with Gasteiger partial charge in [-0.15, -0.1) is 0 Å². The molecule has 0 atom stereocenters. The van der Waals surface area contributed by atoms with Gasteiger partial charge in [-0.25, -0.2) is 5.84 Å². The average Bonchev–Trinajstić information content (AvgIpc) is 2.23. The fourth-order valence-corrected chi connectivity index (χ4v) is 1.26. The van der Waals surface area contributed by atoms with Crippen LogP contribution in [0, 0.1) is 6.92 Å². The van der Waals surface area contributed by atoms with Gasteiger partial charge in [0.1, 0.15) is 5.75 Å². The number of nitrogens with two attached hydrogens (primary N) is 1. The summed E-state index contributed by atoms with van der Waals surface area (Å²) in [6, 6.07) is 5.37. The third-order valence-corrected chi connectivity index (χ3v) is 2.53. The van der Waals surface area contributed by atoms with Crippen LogP contribution in [0.4, 0.5) is 0 Å². The van der Waals surface area contributed by atoms with Crippen molar-refractivity contribution >= 4 is 17.5 Å². The highest BCUT2D eigenvalue weighted by Crippen LogP contribution is 2.20. The molecule has 2 N–H and O–H groups in total. The number of benzene rings is 1. The van der Waals surface area contributed by atoms with E-state index in [2.05, 4.69) is 0 Å². The minimum atomic E-state index is -0.161. The van der Waals surface area contributed by atoms with Gasteiger partial charge in [0.15, 0.2) is 0 Å². The summed E-state index contributed by atoms with van der Waals surface area (Å²) >= 11 is 5.87. The topological polar surface area (TPSA) is 55.6 Å².